The number of ether oxygens (including phenoxy) is 1. The van der Waals surface area contributed by atoms with E-state index in [1.54, 1.807) is 0 Å². The van der Waals surface area contributed by atoms with Crippen LogP contribution in [0.5, 0.6) is 0 Å². The molecule has 0 aliphatic rings. The highest BCUT2D eigenvalue weighted by molar-refractivity contribution is 6.91. The summed E-state index contributed by atoms with van der Waals surface area (Å²) in [5.41, 5.74) is 1.16. The fraction of sp³-hybridized carbons (Fsp3) is 0.808. The first-order chi connectivity index (χ1) is 14.4. The van der Waals surface area contributed by atoms with Crippen molar-refractivity contribution in [2.45, 2.75) is 136 Å². The first-order valence-corrected chi connectivity index (χ1v) is 15.3. The molecule has 3 nitrogen and oxygen atoms in total. The lowest BCUT2D eigenvalue weighted by atomic mass is 10.0. The van der Waals surface area contributed by atoms with Crippen LogP contribution in [0.25, 0.3) is 0 Å². The molecule has 1 rings (SSSR count). The first-order valence-electron chi connectivity index (χ1n) is 12.7. The Kier molecular flexibility index (Phi) is 13.4. The highest BCUT2D eigenvalue weighted by atomic mass is 28.3. The van der Waals surface area contributed by atoms with E-state index >= 15 is 0 Å². The van der Waals surface area contributed by atoms with Crippen LogP contribution in [-0.2, 0) is 9.53 Å². The van der Waals surface area contributed by atoms with Crippen molar-refractivity contribution in [1.82, 2.24) is 0 Å². The predicted octanol–water partition coefficient (Wildman–Crippen LogP) is 8.22. The van der Waals surface area contributed by atoms with Gasteiger partial charge in [-0.2, -0.15) is 0 Å². The van der Waals surface area contributed by atoms with Gasteiger partial charge < -0.3 is 9.15 Å². The summed E-state index contributed by atoms with van der Waals surface area (Å²) in [5.74, 6) is 0.765. The molecule has 0 aliphatic carbocycles. The van der Waals surface area contributed by atoms with Crippen LogP contribution in [0.15, 0.2) is 10.5 Å². The van der Waals surface area contributed by atoms with E-state index in [9.17, 15) is 4.79 Å². The molecule has 0 saturated carbocycles. The van der Waals surface area contributed by atoms with Gasteiger partial charge in [0.25, 0.3) is 0 Å². The first kappa shape index (κ1) is 27.0. The van der Waals surface area contributed by atoms with Gasteiger partial charge >= 0.3 is 5.97 Å². The van der Waals surface area contributed by atoms with Gasteiger partial charge in [0, 0.05) is 12.5 Å². The number of hydrogen-bond donors (Lipinski definition) is 0. The third kappa shape index (κ3) is 8.61. The number of aryl methyl sites for hydroxylation is 1. The molecule has 1 unspecified atom stereocenters. The highest BCUT2D eigenvalue weighted by Gasteiger charge is 2.37. The molecule has 1 heterocycles. The molecule has 0 spiro atoms. The Balaban J connectivity index is 2.66. The van der Waals surface area contributed by atoms with Crippen molar-refractivity contribution in [2.24, 2.45) is 0 Å². The summed E-state index contributed by atoms with van der Waals surface area (Å²) in [4.78, 5) is 11.8. The minimum absolute atomic E-state index is 0.152. The zero-order valence-electron chi connectivity index (χ0n) is 20.8. The van der Waals surface area contributed by atoms with Gasteiger partial charge in [0.15, 0.2) is 0 Å². The molecule has 0 radical (unpaired) electrons. The van der Waals surface area contributed by atoms with Crippen molar-refractivity contribution >= 4 is 19.4 Å². The van der Waals surface area contributed by atoms with E-state index in [0.717, 1.165) is 24.2 Å². The monoisotopic (exact) mass is 436 g/mol. The Morgan fingerprint density at radius 2 is 1.40 bits per heavy atom. The van der Waals surface area contributed by atoms with E-state index in [4.69, 9.17) is 9.15 Å². The lowest BCUT2D eigenvalue weighted by Crippen LogP contribution is -2.47. The van der Waals surface area contributed by atoms with Crippen LogP contribution < -0.4 is 5.38 Å². The SMILES string of the molecule is CCCCCCCCCCCCC(OC(C)=O)c1cc(C)oc1[Si](CC)(CC)CC. The quantitative estimate of drug-likeness (QED) is 0.140. The van der Waals surface area contributed by atoms with Crippen LogP contribution in [0.4, 0.5) is 0 Å². The molecule has 0 saturated heterocycles. The van der Waals surface area contributed by atoms with Gasteiger partial charge in [-0.3, -0.25) is 4.79 Å². The van der Waals surface area contributed by atoms with Crippen molar-refractivity contribution < 1.29 is 13.9 Å². The molecule has 1 aromatic heterocycles. The number of hydrogen-bond acceptors (Lipinski definition) is 3. The second kappa shape index (κ2) is 14.9. The van der Waals surface area contributed by atoms with Crippen molar-refractivity contribution in [1.29, 1.82) is 0 Å². The summed E-state index contributed by atoms with van der Waals surface area (Å²) >= 11 is 0. The maximum absolute atomic E-state index is 11.8. The molecular formula is C26H48O3Si. The number of rotatable bonds is 17. The lowest BCUT2D eigenvalue weighted by Gasteiger charge is -2.28. The summed E-state index contributed by atoms with van der Waals surface area (Å²) in [6.45, 7) is 12.7. The zero-order chi connectivity index (χ0) is 22.4. The van der Waals surface area contributed by atoms with E-state index in [0.29, 0.717) is 0 Å². The second-order valence-electron chi connectivity index (χ2n) is 9.05. The Labute approximate surface area is 187 Å². The van der Waals surface area contributed by atoms with E-state index < -0.39 is 8.07 Å². The van der Waals surface area contributed by atoms with Gasteiger partial charge in [-0.05, 0) is 25.8 Å². The molecule has 30 heavy (non-hydrogen) atoms. The lowest BCUT2D eigenvalue weighted by molar-refractivity contribution is -0.147. The minimum Gasteiger partial charge on any atom is -0.471 e. The minimum atomic E-state index is -1.67. The fourth-order valence-corrected chi connectivity index (χ4v) is 8.40. The summed E-state index contributed by atoms with van der Waals surface area (Å²) in [6, 6.07) is 5.66. The summed E-state index contributed by atoms with van der Waals surface area (Å²) in [6.07, 6.45) is 13.9. The number of esters is 1. The summed E-state index contributed by atoms with van der Waals surface area (Å²) < 4.78 is 12.1. The molecule has 0 fully saturated rings. The molecule has 0 bridgehead atoms. The standard InChI is InChI=1S/C26H48O3Si/c1-7-11-12-13-14-15-16-17-18-19-20-25(29-23(6)27)24-21-22(5)28-26(24)30(8-2,9-3)10-4/h21,25H,7-20H2,1-6H3. The molecule has 4 heteroatoms. The van der Waals surface area contributed by atoms with Gasteiger partial charge in [0.2, 0.25) is 0 Å². The van der Waals surface area contributed by atoms with E-state index in [-0.39, 0.29) is 12.1 Å². The van der Waals surface area contributed by atoms with Crippen molar-refractivity contribution in [2.75, 3.05) is 0 Å². The van der Waals surface area contributed by atoms with E-state index in [2.05, 4.69) is 33.8 Å². The number of carbonyl (C=O) groups is 1. The van der Waals surface area contributed by atoms with Gasteiger partial charge in [-0.15, -0.1) is 0 Å². The van der Waals surface area contributed by atoms with Crippen molar-refractivity contribution in [3.05, 3.63) is 17.4 Å². The molecule has 0 aliphatic heterocycles. The molecular weight excluding hydrogens is 388 g/mol. The largest absolute Gasteiger partial charge is 0.471 e. The van der Waals surface area contributed by atoms with Gasteiger partial charge in [-0.25, -0.2) is 0 Å². The van der Waals surface area contributed by atoms with Gasteiger partial charge in [0.05, 0.1) is 5.38 Å². The van der Waals surface area contributed by atoms with Crippen LogP contribution in [0.3, 0.4) is 0 Å². The van der Waals surface area contributed by atoms with Crippen LogP contribution in [0.2, 0.25) is 18.1 Å². The summed E-state index contributed by atoms with van der Waals surface area (Å²) in [5, 5.41) is 1.19. The molecule has 1 atom stereocenters. The fourth-order valence-electron chi connectivity index (χ4n) is 4.71. The van der Waals surface area contributed by atoms with Gasteiger partial charge in [-0.1, -0.05) is 104 Å². The average molecular weight is 437 g/mol. The maximum Gasteiger partial charge on any atom is 0.303 e. The maximum atomic E-state index is 11.8. The molecule has 0 aromatic carbocycles. The molecule has 0 amide bonds. The zero-order valence-corrected chi connectivity index (χ0v) is 21.8. The third-order valence-corrected chi connectivity index (χ3v) is 12.3. The Morgan fingerprint density at radius 1 is 0.900 bits per heavy atom. The highest BCUT2D eigenvalue weighted by Crippen LogP contribution is 2.31. The third-order valence-electron chi connectivity index (χ3n) is 6.87. The average Bonchev–Trinajstić information content (AvgIpc) is 3.12. The Hall–Kier alpha value is -1.03. The van der Waals surface area contributed by atoms with Crippen LogP contribution in [0.1, 0.15) is 123 Å². The normalized spacial score (nSPS) is 12.9. The second-order valence-corrected chi connectivity index (χ2v) is 14.2. The Morgan fingerprint density at radius 3 is 1.87 bits per heavy atom. The number of unbranched alkanes of at least 4 members (excludes halogenated alkanes) is 9. The van der Waals surface area contributed by atoms with Crippen LogP contribution in [-0.4, -0.2) is 14.0 Å². The van der Waals surface area contributed by atoms with E-state index in [1.807, 2.05) is 6.92 Å². The van der Waals surface area contributed by atoms with Crippen molar-refractivity contribution in [3.63, 3.8) is 0 Å². The van der Waals surface area contributed by atoms with Crippen LogP contribution >= 0.6 is 0 Å². The molecule has 1 aromatic rings. The number of carbonyl (C=O) groups excluding carboxylic acids is 1. The predicted molar refractivity (Wildman–Crippen MR) is 131 cm³/mol. The molecule has 174 valence electrons. The Bertz CT molecular complexity index is 581. The smallest absolute Gasteiger partial charge is 0.303 e. The number of furan rings is 1. The summed E-state index contributed by atoms with van der Waals surface area (Å²) in [7, 11) is -1.67. The van der Waals surface area contributed by atoms with Gasteiger partial charge in [0.1, 0.15) is 19.9 Å². The van der Waals surface area contributed by atoms with Crippen LogP contribution in [0, 0.1) is 6.92 Å². The topological polar surface area (TPSA) is 39.4 Å². The molecule has 0 N–H and O–H groups in total. The van der Waals surface area contributed by atoms with Crippen molar-refractivity contribution in [3.8, 4) is 0 Å². The van der Waals surface area contributed by atoms with E-state index in [1.165, 1.54) is 88.2 Å².